The van der Waals surface area contributed by atoms with Gasteiger partial charge in [0.15, 0.2) is 0 Å². The van der Waals surface area contributed by atoms with E-state index >= 15 is 0 Å². The number of hydrogen-bond acceptors (Lipinski definition) is 4. The number of carbonyl (C=O) groups is 1. The number of carbonyl (C=O) groups excluding carboxylic acids is 1. The number of nitro groups is 1. The molecular weight excluding hydrogens is 368 g/mol. The highest BCUT2D eigenvalue weighted by atomic mass is 16.6. The van der Waals surface area contributed by atoms with Crippen molar-refractivity contribution in [3.05, 3.63) is 92.8 Å². The molecule has 0 aliphatic carbocycles. The summed E-state index contributed by atoms with van der Waals surface area (Å²) >= 11 is 0. The zero-order valence-electron chi connectivity index (χ0n) is 15.9. The van der Waals surface area contributed by atoms with Crippen LogP contribution in [-0.2, 0) is 0 Å². The highest BCUT2D eigenvalue weighted by Gasteiger charge is 2.13. The maximum Gasteiger partial charge on any atom is 0.270 e. The molecule has 0 saturated heterocycles. The van der Waals surface area contributed by atoms with E-state index in [0.717, 1.165) is 22.6 Å². The first-order valence-electron chi connectivity index (χ1n) is 8.77. The van der Waals surface area contributed by atoms with Crippen molar-refractivity contribution in [2.75, 3.05) is 0 Å². The molecule has 1 aromatic heterocycles. The molecule has 1 amide bonds. The van der Waals surface area contributed by atoms with E-state index in [9.17, 15) is 20.2 Å². The Morgan fingerprint density at radius 1 is 1.14 bits per heavy atom. The first-order chi connectivity index (χ1) is 13.8. The summed E-state index contributed by atoms with van der Waals surface area (Å²) in [5.41, 5.74) is 9.99. The molecule has 7 nitrogen and oxygen atoms in total. The number of aromatic nitrogens is 1. The molecule has 0 bridgehead atoms. The van der Waals surface area contributed by atoms with Crippen LogP contribution in [0.2, 0.25) is 0 Å². The van der Waals surface area contributed by atoms with Crippen LogP contribution in [0.4, 0.5) is 5.69 Å². The molecule has 29 heavy (non-hydrogen) atoms. The van der Waals surface area contributed by atoms with Crippen LogP contribution in [0, 0.1) is 35.3 Å². The fourth-order valence-electron chi connectivity index (χ4n) is 3.23. The lowest BCUT2D eigenvalue weighted by atomic mass is 10.0. The number of allylic oxidation sites excluding steroid dienone is 1. The number of nitriles is 1. The van der Waals surface area contributed by atoms with Gasteiger partial charge in [-0.1, -0.05) is 12.1 Å². The molecule has 2 N–H and O–H groups in total. The molecule has 0 fully saturated rings. The normalized spacial score (nSPS) is 11.1. The van der Waals surface area contributed by atoms with Crippen LogP contribution in [0.5, 0.6) is 0 Å². The first kappa shape index (κ1) is 19.6. The second-order valence-electron chi connectivity index (χ2n) is 6.55. The van der Waals surface area contributed by atoms with Gasteiger partial charge >= 0.3 is 0 Å². The number of benzene rings is 2. The average Bonchev–Trinajstić information content (AvgIpc) is 2.99. The summed E-state index contributed by atoms with van der Waals surface area (Å²) in [5.74, 6) is -0.489. The minimum absolute atomic E-state index is 0.0661. The molecule has 0 saturated carbocycles. The molecule has 2 aromatic carbocycles. The molecule has 0 atom stereocenters. The van der Waals surface area contributed by atoms with E-state index in [1.54, 1.807) is 42.5 Å². The predicted octanol–water partition coefficient (Wildman–Crippen LogP) is 4.17. The molecule has 7 heteroatoms. The number of non-ortho nitro benzene ring substituents is 1. The van der Waals surface area contributed by atoms with Crippen molar-refractivity contribution >= 4 is 23.2 Å². The van der Waals surface area contributed by atoms with E-state index in [0.29, 0.717) is 16.7 Å². The highest BCUT2D eigenvalue weighted by Crippen LogP contribution is 2.27. The van der Waals surface area contributed by atoms with Crippen molar-refractivity contribution in [3.8, 4) is 11.8 Å². The van der Waals surface area contributed by atoms with Gasteiger partial charge in [0.2, 0.25) is 5.91 Å². The number of primary amides is 1. The van der Waals surface area contributed by atoms with Crippen LogP contribution in [0.25, 0.3) is 17.3 Å². The van der Waals surface area contributed by atoms with E-state index in [-0.39, 0.29) is 5.69 Å². The molecule has 1 heterocycles. The van der Waals surface area contributed by atoms with Gasteiger partial charge in [-0.2, -0.15) is 5.26 Å². The van der Waals surface area contributed by atoms with Crippen molar-refractivity contribution in [2.24, 2.45) is 5.73 Å². The van der Waals surface area contributed by atoms with Crippen molar-refractivity contribution in [1.29, 1.82) is 5.26 Å². The number of amides is 1. The van der Waals surface area contributed by atoms with Crippen LogP contribution < -0.4 is 5.73 Å². The summed E-state index contributed by atoms with van der Waals surface area (Å²) in [7, 11) is 0. The second kappa shape index (κ2) is 7.82. The van der Waals surface area contributed by atoms with Gasteiger partial charge in [0.25, 0.3) is 5.69 Å². The largest absolute Gasteiger partial charge is 0.366 e. The standard InChI is InChI=1S/C22H18N4O3/c1-14-10-18(11-19(13-23)17-4-3-5-21(12-17)26(28)29)15(2)25(14)20-8-6-16(7-9-20)22(24)27/h3-12H,1-2H3,(H2,24,27). The summed E-state index contributed by atoms with van der Waals surface area (Å²) in [5, 5.41) is 20.6. The Kier molecular flexibility index (Phi) is 5.28. The number of rotatable bonds is 5. The quantitative estimate of drug-likeness (QED) is 0.402. The second-order valence-corrected chi connectivity index (χ2v) is 6.55. The minimum Gasteiger partial charge on any atom is -0.366 e. The maximum absolute atomic E-state index is 11.3. The SMILES string of the molecule is Cc1cc(C=C(C#N)c2cccc([N+](=O)[O-])c2)c(C)n1-c1ccc(C(N)=O)cc1. The number of nitrogens with two attached hydrogens (primary N) is 1. The monoisotopic (exact) mass is 386 g/mol. The van der Waals surface area contributed by atoms with Crippen molar-refractivity contribution in [2.45, 2.75) is 13.8 Å². The van der Waals surface area contributed by atoms with Gasteiger partial charge < -0.3 is 10.3 Å². The molecular formula is C22H18N4O3. The van der Waals surface area contributed by atoms with Crippen molar-refractivity contribution in [1.82, 2.24) is 4.57 Å². The van der Waals surface area contributed by atoms with Gasteiger partial charge in [-0.15, -0.1) is 0 Å². The van der Waals surface area contributed by atoms with Crippen LogP contribution in [0.1, 0.15) is 32.9 Å². The minimum atomic E-state index is -0.489. The van der Waals surface area contributed by atoms with Gasteiger partial charge in [0.1, 0.15) is 0 Å². The number of nitrogens with zero attached hydrogens (tertiary/aromatic N) is 3. The van der Waals surface area contributed by atoms with Gasteiger partial charge in [-0.25, -0.2) is 0 Å². The van der Waals surface area contributed by atoms with Crippen molar-refractivity contribution in [3.63, 3.8) is 0 Å². The lowest BCUT2D eigenvalue weighted by Gasteiger charge is -2.10. The Labute approximate surface area is 167 Å². The van der Waals surface area contributed by atoms with Crippen molar-refractivity contribution < 1.29 is 9.72 Å². The van der Waals surface area contributed by atoms with Crippen LogP contribution in [0.15, 0.2) is 54.6 Å². The van der Waals surface area contributed by atoms with Gasteiger partial charge in [-0.3, -0.25) is 14.9 Å². The number of aryl methyl sites for hydroxylation is 1. The van der Waals surface area contributed by atoms with E-state index in [2.05, 4.69) is 6.07 Å². The Balaban J connectivity index is 2.05. The molecule has 0 aliphatic heterocycles. The van der Waals surface area contributed by atoms with Crippen LogP contribution in [-0.4, -0.2) is 15.4 Å². The molecule has 0 unspecified atom stereocenters. The zero-order valence-corrected chi connectivity index (χ0v) is 15.9. The van der Waals surface area contributed by atoms with Crippen LogP contribution in [0.3, 0.4) is 0 Å². The summed E-state index contributed by atoms with van der Waals surface area (Å²) in [6.07, 6.45) is 1.72. The third-order valence-corrected chi connectivity index (χ3v) is 4.67. The highest BCUT2D eigenvalue weighted by molar-refractivity contribution is 5.93. The topological polar surface area (TPSA) is 115 Å². The van der Waals surface area contributed by atoms with Crippen LogP contribution >= 0.6 is 0 Å². The smallest absolute Gasteiger partial charge is 0.270 e. The van der Waals surface area contributed by atoms with Gasteiger partial charge in [-0.05, 0) is 61.4 Å². The summed E-state index contributed by atoms with van der Waals surface area (Å²) in [6.45, 7) is 3.86. The Morgan fingerprint density at radius 3 is 2.41 bits per heavy atom. The number of nitro benzene ring substituents is 1. The maximum atomic E-state index is 11.3. The Bertz CT molecular complexity index is 1180. The summed E-state index contributed by atoms with van der Waals surface area (Å²) < 4.78 is 2.00. The molecule has 0 spiro atoms. The molecule has 3 rings (SSSR count). The fourth-order valence-corrected chi connectivity index (χ4v) is 3.23. The molecule has 0 aliphatic rings. The molecule has 3 aromatic rings. The van der Waals surface area contributed by atoms with Gasteiger partial charge in [0.05, 0.1) is 16.6 Å². The van der Waals surface area contributed by atoms with E-state index in [4.69, 9.17) is 5.73 Å². The summed E-state index contributed by atoms with van der Waals surface area (Å²) in [4.78, 5) is 21.8. The van der Waals surface area contributed by atoms with E-state index in [1.807, 2.05) is 24.5 Å². The Morgan fingerprint density at radius 2 is 1.83 bits per heavy atom. The fraction of sp³-hybridized carbons (Fsp3) is 0.0909. The van der Waals surface area contributed by atoms with Gasteiger partial charge in [0, 0.05) is 34.8 Å². The molecule has 144 valence electrons. The van der Waals surface area contributed by atoms with E-state index < -0.39 is 10.8 Å². The third kappa shape index (κ3) is 3.92. The molecule has 0 radical (unpaired) electrons. The third-order valence-electron chi connectivity index (χ3n) is 4.67. The predicted molar refractivity (Wildman–Crippen MR) is 110 cm³/mol. The zero-order chi connectivity index (χ0) is 21.1. The number of hydrogen-bond donors (Lipinski definition) is 1. The first-order valence-corrected chi connectivity index (χ1v) is 8.77. The average molecular weight is 386 g/mol. The summed E-state index contributed by atoms with van der Waals surface area (Å²) in [6, 6.07) is 17.0. The lowest BCUT2D eigenvalue weighted by molar-refractivity contribution is -0.384. The lowest BCUT2D eigenvalue weighted by Crippen LogP contribution is -2.10. The Hall–Kier alpha value is -4.18. The van der Waals surface area contributed by atoms with E-state index in [1.165, 1.54) is 12.1 Å².